The highest BCUT2D eigenvalue weighted by Crippen LogP contribution is 2.62. The van der Waals surface area contributed by atoms with Gasteiger partial charge in [0.15, 0.2) is 0 Å². The van der Waals surface area contributed by atoms with Gasteiger partial charge in [-0.1, -0.05) is 26.8 Å². The van der Waals surface area contributed by atoms with Crippen LogP contribution in [0.5, 0.6) is 0 Å². The molecule has 0 radical (unpaired) electrons. The molecule has 2 aliphatic carbocycles. The van der Waals surface area contributed by atoms with Gasteiger partial charge in [0, 0.05) is 12.7 Å². The van der Waals surface area contributed by atoms with Crippen LogP contribution in [0.4, 0.5) is 0 Å². The summed E-state index contributed by atoms with van der Waals surface area (Å²) in [6.45, 7) is 10.7. The highest BCUT2D eigenvalue weighted by atomic mass is 16.5. The second kappa shape index (κ2) is 5.99. The summed E-state index contributed by atoms with van der Waals surface area (Å²) in [5.41, 5.74) is 1.63. The minimum absolute atomic E-state index is 0.0265. The quantitative estimate of drug-likeness (QED) is 0.615. The molecule has 0 aromatic rings. The number of hydrogen-bond acceptors (Lipinski definition) is 4. The van der Waals surface area contributed by atoms with E-state index >= 15 is 0 Å². The molecular weight excluding hydrogens is 304 g/mol. The predicted molar refractivity (Wildman–Crippen MR) is 92.1 cm³/mol. The normalized spacial score (nSPS) is 45.6. The minimum Gasteiger partial charge on any atom is -0.455 e. The standard InChI is InChI=1S/C20H30O4/c1-12-8-18(23)24-16(12)9-14-13(2)15(22)10-17-19(3,11-21)6-5-7-20(14,17)4/h8,14-17,21-22H,2,5-7,9-11H2,1,3-4H3/t14-,15-,16-,17-,19-,20+/m1/s1. The lowest BCUT2D eigenvalue weighted by Crippen LogP contribution is -2.55. The Hall–Kier alpha value is -1.13. The summed E-state index contributed by atoms with van der Waals surface area (Å²) in [7, 11) is 0. The van der Waals surface area contributed by atoms with Crippen LogP contribution < -0.4 is 0 Å². The van der Waals surface area contributed by atoms with Gasteiger partial charge >= 0.3 is 5.97 Å². The molecular formula is C20H30O4. The first-order valence-corrected chi connectivity index (χ1v) is 9.07. The third-order valence-electron chi connectivity index (χ3n) is 7.15. The Morgan fingerprint density at radius 1 is 1.38 bits per heavy atom. The summed E-state index contributed by atoms with van der Waals surface area (Å²) >= 11 is 0. The molecule has 2 N–H and O–H groups in total. The Balaban J connectivity index is 1.92. The van der Waals surface area contributed by atoms with Crippen molar-refractivity contribution >= 4 is 5.97 Å². The number of cyclic esters (lactones) is 1. The topological polar surface area (TPSA) is 66.8 Å². The number of carbonyl (C=O) groups excluding carboxylic acids is 1. The second-order valence-corrected chi connectivity index (χ2v) is 8.65. The summed E-state index contributed by atoms with van der Waals surface area (Å²) in [5.74, 6) is 0.0670. The average molecular weight is 334 g/mol. The highest BCUT2D eigenvalue weighted by Gasteiger charge is 2.56. The maximum Gasteiger partial charge on any atom is 0.331 e. The van der Waals surface area contributed by atoms with Crippen LogP contribution in [-0.4, -0.2) is 35.0 Å². The van der Waals surface area contributed by atoms with Gasteiger partial charge < -0.3 is 14.9 Å². The molecule has 0 bridgehead atoms. The van der Waals surface area contributed by atoms with Crippen LogP contribution in [0.2, 0.25) is 0 Å². The van der Waals surface area contributed by atoms with Crippen LogP contribution in [-0.2, 0) is 9.53 Å². The zero-order valence-electron chi connectivity index (χ0n) is 15.0. The summed E-state index contributed by atoms with van der Waals surface area (Å²) < 4.78 is 5.46. The maximum absolute atomic E-state index is 11.6. The van der Waals surface area contributed by atoms with Crippen LogP contribution in [0.3, 0.4) is 0 Å². The van der Waals surface area contributed by atoms with Crippen molar-refractivity contribution in [1.82, 2.24) is 0 Å². The molecule has 0 amide bonds. The number of fused-ring (bicyclic) bond motifs is 1. The molecule has 2 fully saturated rings. The van der Waals surface area contributed by atoms with E-state index in [1.165, 1.54) is 0 Å². The molecule has 0 spiro atoms. The van der Waals surface area contributed by atoms with Crippen LogP contribution in [0.25, 0.3) is 0 Å². The Bertz CT molecular complexity index is 580. The third kappa shape index (κ3) is 2.64. The van der Waals surface area contributed by atoms with Crippen molar-refractivity contribution in [2.45, 2.75) is 65.1 Å². The summed E-state index contributed by atoms with van der Waals surface area (Å²) in [6, 6.07) is 0. The molecule has 134 valence electrons. The predicted octanol–water partition coefficient (Wildman–Crippen LogP) is 2.99. The lowest BCUT2D eigenvalue weighted by molar-refractivity contribution is -0.142. The van der Waals surface area contributed by atoms with Gasteiger partial charge in [-0.05, 0) is 66.4 Å². The summed E-state index contributed by atoms with van der Waals surface area (Å²) in [4.78, 5) is 11.6. The van der Waals surface area contributed by atoms with E-state index < -0.39 is 6.10 Å². The Kier molecular flexibility index (Phi) is 4.42. The SMILES string of the molecule is C=C1[C@H](O)C[C@@H]2[C@@](C)(CO)CCC[C@@]2(C)[C@@H]1C[C@H]1OC(=O)C=C1C. The lowest BCUT2D eigenvalue weighted by Gasteiger charge is -2.59. The summed E-state index contributed by atoms with van der Waals surface area (Å²) in [6.07, 6.45) is 5.28. The molecule has 4 nitrogen and oxygen atoms in total. The van der Waals surface area contributed by atoms with E-state index in [0.717, 1.165) is 30.4 Å². The van der Waals surface area contributed by atoms with E-state index in [4.69, 9.17) is 4.74 Å². The van der Waals surface area contributed by atoms with Crippen molar-refractivity contribution in [1.29, 1.82) is 0 Å². The van der Waals surface area contributed by atoms with Crippen molar-refractivity contribution in [3.8, 4) is 0 Å². The van der Waals surface area contributed by atoms with Crippen LogP contribution in [0.1, 0.15) is 52.9 Å². The van der Waals surface area contributed by atoms with Crippen LogP contribution in [0.15, 0.2) is 23.8 Å². The van der Waals surface area contributed by atoms with E-state index in [2.05, 4.69) is 20.4 Å². The first-order chi connectivity index (χ1) is 11.2. The molecule has 0 aromatic heterocycles. The molecule has 2 saturated carbocycles. The molecule has 1 aliphatic heterocycles. The Morgan fingerprint density at radius 3 is 2.67 bits per heavy atom. The van der Waals surface area contributed by atoms with Crippen LogP contribution in [0, 0.1) is 22.7 Å². The average Bonchev–Trinajstić information content (AvgIpc) is 2.84. The molecule has 6 atom stereocenters. The summed E-state index contributed by atoms with van der Waals surface area (Å²) in [5, 5.41) is 20.6. The Morgan fingerprint density at radius 2 is 2.08 bits per heavy atom. The number of aliphatic hydroxyl groups excluding tert-OH is 2. The number of esters is 1. The molecule has 3 rings (SSSR count). The van der Waals surface area contributed by atoms with E-state index in [1.807, 2.05) is 6.92 Å². The van der Waals surface area contributed by atoms with Crippen molar-refractivity contribution in [3.05, 3.63) is 23.8 Å². The van der Waals surface area contributed by atoms with Gasteiger partial charge in [0.2, 0.25) is 0 Å². The van der Waals surface area contributed by atoms with Gasteiger partial charge in [-0.3, -0.25) is 0 Å². The van der Waals surface area contributed by atoms with Crippen molar-refractivity contribution in [3.63, 3.8) is 0 Å². The third-order valence-corrected chi connectivity index (χ3v) is 7.15. The van der Waals surface area contributed by atoms with E-state index in [-0.39, 0.29) is 41.3 Å². The highest BCUT2D eigenvalue weighted by molar-refractivity contribution is 5.85. The molecule has 3 aliphatic rings. The zero-order chi connectivity index (χ0) is 17.7. The number of carbonyl (C=O) groups is 1. The van der Waals surface area contributed by atoms with Crippen molar-refractivity contribution in [2.75, 3.05) is 6.61 Å². The lowest BCUT2D eigenvalue weighted by atomic mass is 9.46. The monoisotopic (exact) mass is 334 g/mol. The van der Waals surface area contributed by atoms with E-state index in [1.54, 1.807) is 6.08 Å². The van der Waals surface area contributed by atoms with E-state index in [0.29, 0.717) is 12.8 Å². The van der Waals surface area contributed by atoms with Gasteiger partial charge in [-0.25, -0.2) is 4.79 Å². The fraction of sp³-hybridized carbons (Fsp3) is 0.750. The van der Waals surface area contributed by atoms with E-state index in [9.17, 15) is 15.0 Å². The van der Waals surface area contributed by atoms with Crippen molar-refractivity contribution in [2.24, 2.45) is 22.7 Å². The maximum atomic E-state index is 11.6. The van der Waals surface area contributed by atoms with Crippen molar-refractivity contribution < 1.29 is 19.7 Å². The largest absolute Gasteiger partial charge is 0.455 e. The van der Waals surface area contributed by atoms with Gasteiger partial charge in [0.05, 0.1) is 6.10 Å². The van der Waals surface area contributed by atoms with Gasteiger partial charge in [-0.2, -0.15) is 0 Å². The number of hydrogen-bond donors (Lipinski definition) is 2. The molecule has 0 aromatic carbocycles. The smallest absolute Gasteiger partial charge is 0.331 e. The fourth-order valence-electron chi connectivity index (χ4n) is 5.62. The van der Waals surface area contributed by atoms with Gasteiger partial charge in [-0.15, -0.1) is 0 Å². The first kappa shape index (κ1) is 17.7. The second-order valence-electron chi connectivity index (χ2n) is 8.65. The number of ether oxygens (including phenoxy) is 1. The van der Waals surface area contributed by atoms with Gasteiger partial charge in [0.1, 0.15) is 6.10 Å². The molecule has 0 unspecified atom stereocenters. The molecule has 0 saturated heterocycles. The Labute approximate surface area is 144 Å². The zero-order valence-corrected chi connectivity index (χ0v) is 15.0. The molecule has 24 heavy (non-hydrogen) atoms. The first-order valence-electron chi connectivity index (χ1n) is 9.07. The number of rotatable bonds is 3. The number of aliphatic hydroxyl groups is 2. The molecule has 1 heterocycles. The van der Waals surface area contributed by atoms with Crippen LogP contribution >= 0.6 is 0 Å². The fourth-order valence-corrected chi connectivity index (χ4v) is 5.62. The van der Waals surface area contributed by atoms with Gasteiger partial charge in [0.25, 0.3) is 0 Å². The molecule has 4 heteroatoms. The minimum atomic E-state index is -0.543.